The summed E-state index contributed by atoms with van der Waals surface area (Å²) in [5.41, 5.74) is -0.940. The Kier molecular flexibility index (Phi) is 3.69. The van der Waals surface area contributed by atoms with Crippen LogP contribution in [-0.2, 0) is 14.7 Å². The Balaban J connectivity index is 4.26. The molecule has 0 bridgehead atoms. The highest BCUT2D eigenvalue weighted by Crippen LogP contribution is 2.33. The number of hydrogen-bond donors (Lipinski definition) is 1. The van der Waals surface area contributed by atoms with E-state index in [2.05, 4.69) is 9.93 Å². The first-order chi connectivity index (χ1) is 5.70. The van der Waals surface area contributed by atoms with Crippen LogP contribution < -0.4 is 0 Å². The Morgan fingerprint density at radius 3 is 1.92 bits per heavy atom. The molecule has 5 heteroatoms. The van der Waals surface area contributed by atoms with Gasteiger partial charge in [-0.25, -0.2) is 14.9 Å². The molecule has 0 radical (unpaired) electrons. The second kappa shape index (κ2) is 3.93. The molecular weight excluding hydrogens is 176 g/mol. The van der Waals surface area contributed by atoms with Crippen LogP contribution in [0.3, 0.4) is 0 Å². The van der Waals surface area contributed by atoms with Crippen LogP contribution in [0.1, 0.15) is 34.6 Å². The lowest BCUT2D eigenvalue weighted by atomic mass is 9.79. The number of rotatable bonds is 2. The molecule has 0 saturated heterocycles. The van der Waals surface area contributed by atoms with Crippen molar-refractivity contribution in [2.75, 3.05) is 0 Å². The molecule has 78 valence electrons. The fourth-order valence-electron chi connectivity index (χ4n) is 0.409. The lowest BCUT2D eigenvalue weighted by Crippen LogP contribution is -2.41. The summed E-state index contributed by atoms with van der Waals surface area (Å²) >= 11 is 0. The molecule has 0 aromatic carbocycles. The lowest BCUT2D eigenvalue weighted by molar-refractivity contribution is -0.463. The van der Waals surface area contributed by atoms with Crippen LogP contribution in [-0.4, -0.2) is 17.0 Å². The van der Waals surface area contributed by atoms with Gasteiger partial charge in [0.2, 0.25) is 0 Å². The third-order valence-corrected chi connectivity index (χ3v) is 2.25. The fourth-order valence-corrected chi connectivity index (χ4v) is 0.409. The van der Waals surface area contributed by atoms with Gasteiger partial charge in [-0.2, -0.15) is 0 Å². The van der Waals surface area contributed by atoms with Crippen LogP contribution in [0.25, 0.3) is 0 Å². The summed E-state index contributed by atoms with van der Waals surface area (Å²) in [5.74, 6) is 0. The molecule has 0 aliphatic heterocycles. The van der Waals surface area contributed by atoms with Crippen LogP contribution in [0.4, 0.5) is 4.79 Å². The van der Waals surface area contributed by atoms with E-state index in [0.717, 1.165) is 0 Å². The predicted octanol–water partition coefficient (Wildman–Crippen LogP) is 2.37. The van der Waals surface area contributed by atoms with Gasteiger partial charge in [-0.15, -0.1) is 0 Å². The summed E-state index contributed by atoms with van der Waals surface area (Å²) in [6.07, 6.45) is -1.07. The average Bonchev–Trinajstić information content (AvgIpc) is 1.83. The monoisotopic (exact) mass is 192 g/mol. The number of ether oxygens (including phenoxy) is 1. The summed E-state index contributed by atoms with van der Waals surface area (Å²) < 4.78 is 4.90. The molecule has 0 heterocycles. The van der Waals surface area contributed by atoms with Crippen molar-refractivity contribution in [3.8, 4) is 0 Å². The average molecular weight is 192 g/mol. The Hall–Kier alpha value is -0.810. The standard InChI is InChI=1S/C8H16O5/c1-7(2,3)8(4,5)11-6(9)12-13-10/h10H,1-5H3. The summed E-state index contributed by atoms with van der Waals surface area (Å²) in [6, 6.07) is 0. The zero-order valence-corrected chi connectivity index (χ0v) is 8.58. The molecule has 1 N–H and O–H groups in total. The van der Waals surface area contributed by atoms with Gasteiger partial charge in [-0.05, 0) is 18.9 Å². The maximum absolute atomic E-state index is 10.8. The van der Waals surface area contributed by atoms with Crippen molar-refractivity contribution in [2.24, 2.45) is 5.41 Å². The maximum atomic E-state index is 10.8. The molecule has 0 aromatic heterocycles. The molecule has 0 atom stereocenters. The summed E-state index contributed by atoms with van der Waals surface area (Å²) in [4.78, 5) is 14.5. The van der Waals surface area contributed by atoms with Crippen molar-refractivity contribution < 1.29 is 24.7 Å². The Morgan fingerprint density at radius 2 is 1.62 bits per heavy atom. The molecule has 0 saturated carbocycles. The van der Waals surface area contributed by atoms with Crippen LogP contribution >= 0.6 is 0 Å². The molecule has 0 aliphatic rings. The van der Waals surface area contributed by atoms with Gasteiger partial charge in [0.05, 0.1) is 0 Å². The van der Waals surface area contributed by atoms with E-state index >= 15 is 0 Å². The van der Waals surface area contributed by atoms with Crippen molar-refractivity contribution in [3.63, 3.8) is 0 Å². The molecule has 5 nitrogen and oxygen atoms in total. The topological polar surface area (TPSA) is 65.0 Å². The highest BCUT2D eigenvalue weighted by atomic mass is 17.5. The molecule has 0 rings (SSSR count). The predicted molar refractivity (Wildman–Crippen MR) is 44.8 cm³/mol. The molecule has 0 unspecified atom stereocenters. The van der Waals surface area contributed by atoms with E-state index in [-0.39, 0.29) is 5.41 Å². The van der Waals surface area contributed by atoms with Crippen LogP contribution in [0, 0.1) is 5.41 Å². The van der Waals surface area contributed by atoms with E-state index in [1.165, 1.54) is 0 Å². The van der Waals surface area contributed by atoms with Crippen molar-refractivity contribution >= 4 is 6.16 Å². The minimum absolute atomic E-state index is 0.235. The van der Waals surface area contributed by atoms with Crippen LogP contribution in [0.15, 0.2) is 0 Å². The smallest absolute Gasteiger partial charge is 0.426 e. The first-order valence-corrected chi connectivity index (χ1v) is 3.92. The van der Waals surface area contributed by atoms with Gasteiger partial charge in [0.15, 0.2) is 0 Å². The third kappa shape index (κ3) is 3.61. The van der Waals surface area contributed by atoms with E-state index < -0.39 is 11.8 Å². The van der Waals surface area contributed by atoms with Gasteiger partial charge < -0.3 is 4.74 Å². The summed E-state index contributed by atoms with van der Waals surface area (Å²) in [6.45, 7) is 9.23. The van der Waals surface area contributed by atoms with Crippen LogP contribution in [0.2, 0.25) is 0 Å². The molecule has 0 fully saturated rings. The largest absolute Gasteiger partial charge is 0.543 e. The first kappa shape index (κ1) is 12.2. The Labute approximate surface area is 77.4 Å². The van der Waals surface area contributed by atoms with Crippen molar-refractivity contribution in [3.05, 3.63) is 0 Å². The van der Waals surface area contributed by atoms with E-state index in [9.17, 15) is 4.79 Å². The van der Waals surface area contributed by atoms with Crippen molar-refractivity contribution in [1.82, 2.24) is 0 Å². The van der Waals surface area contributed by atoms with E-state index in [0.29, 0.717) is 0 Å². The van der Waals surface area contributed by atoms with E-state index in [1.54, 1.807) is 13.8 Å². The number of hydrogen-bond acceptors (Lipinski definition) is 5. The molecule has 0 spiro atoms. The number of carbonyl (C=O) groups is 1. The molecule has 0 amide bonds. The Bertz CT molecular complexity index is 179. The minimum atomic E-state index is -1.07. The fraction of sp³-hybridized carbons (Fsp3) is 0.875. The molecule has 0 aliphatic carbocycles. The zero-order chi connectivity index (χ0) is 10.7. The number of carbonyl (C=O) groups excluding carboxylic acids is 1. The zero-order valence-electron chi connectivity index (χ0n) is 8.58. The van der Waals surface area contributed by atoms with E-state index in [4.69, 9.17) is 9.99 Å². The molecule has 13 heavy (non-hydrogen) atoms. The second-order valence-corrected chi connectivity index (χ2v) is 4.27. The van der Waals surface area contributed by atoms with Gasteiger partial charge in [0.1, 0.15) is 5.60 Å². The lowest BCUT2D eigenvalue weighted by Gasteiger charge is -2.36. The molecular formula is C8H16O5. The van der Waals surface area contributed by atoms with Gasteiger partial charge in [-0.3, -0.25) is 0 Å². The van der Waals surface area contributed by atoms with Gasteiger partial charge in [0.25, 0.3) is 0 Å². The second-order valence-electron chi connectivity index (χ2n) is 4.27. The van der Waals surface area contributed by atoms with Gasteiger partial charge >= 0.3 is 6.16 Å². The highest BCUT2D eigenvalue weighted by molar-refractivity contribution is 5.59. The third-order valence-electron chi connectivity index (χ3n) is 2.25. The van der Waals surface area contributed by atoms with Crippen molar-refractivity contribution in [2.45, 2.75) is 40.2 Å². The van der Waals surface area contributed by atoms with Crippen molar-refractivity contribution in [1.29, 1.82) is 0 Å². The highest BCUT2D eigenvalue weighted by Gasteiger charge is 2.37. The van der Waals surface area contributed by atoms with Gasteiger partial charge in [0, 0.05) is 5.41 Å². The minimum Gasteiger partial charge on any atom is -0.426 e. The maximum Gasteiger partial charge on any atom is 0.543 e. The van der Waals surface area contributed by atoms with Gasteiger partial charge in [-0.1, -0.05) is 20.8 Å². The normalized spacial score (nSPS) is 12.5. The van der Waals surface area contributed by atoms with Crippen LogP contribution in [0.5, 0.6) is 0 Å². The molecule has 0 aromatic rings. The summed E-state index contributed by atoms with van der Waals surface area (Å²) in [7, 11) is 0. The SMILES string of the molecule is CC(C)(C)C(C)(C)OC(=O)OOO. The Morgan fingerprint density at radius 1 is 1.15 bits per heavy atom. The summed E-state index contributed by atoms with van der Waals surface area (Å²) in [5, 5.41) is 11.0. The van der Waals surface area contributed by atoms with E-state index in [1.807, 2.05) is 20.8 Å². The quantitative estimate of drug-likeness (QED) is 0.413. The first-order valence-electron chi connectivity index (χ1n) is 3.92.